The molecule has 0 unspecified atom stereocenters. The molecule has 0 saturated carbocycles. The van der Waals surface area contributed by atoms with Gasteiger partial charge in [-0.05, 0) is 42.0 Å². The predicted molar refractivity (Wildman–Crippen MR) is 117 cm³/mol. The SMILES string of the molecule is O=c1c2ccccc2nc(C=CC=Cc2ccccc2)n1-c1cccc(C(F)(F)F)c1. The highest BCUT2D eigenvalue weighted by Gasteiger charge is 2.30. The smallest absolute Gasteiger partial charge is 0.268 e. The lowest BCUT2D eigenvalue weighted by Crippen LogP contribution is -2.22. The average Bonchev–Trinajstić information content (AvgIpc) is 2.77. The number of allylic oxidation sites excluding steroid dienone is 2. The summed E-state index contributed by atoms with van der Waals surface area (Å²) >= 11 is 0. The van der Waals surface area contributed by atoms with Crippen molar-refractivity contribution < 1.29 is 13.2 Å². The highest BCUT2D eigenvalue weighted by Crippen LogP contribution is 2.30. The highest BCUT2D eigenvalue weighted by atomic mass is 19.4. The fraction of sp³-hybridized carbons (Fsp3) is 0.0400. The summed E-state index contributed by atoms with van der Waals surface area (Å²) in [6.45, 7) is 0. The van der Waals surface area contributed by atoms with Crippen molar-refractivity contribution in [2.24, 2.45) is 0 Å². The first kappa shape index (κ1) is 20.3. The maximum absolute atomic E-state index is 13.2. The maximum Gasteiger partial charge on any atom is 0.416 e. The zero-order chi connectivity index (χ0) is 21.8. The summed E-state index contributed by atoms with van der Waals surface area (Å²) in [6.07, 6.45) is 2.46. The van der Waals surface area contributed by atoms with Crippen molar-refractivity contribution in [2.45, 2.75) is 6.18 Å². The van der Waals surface area contributed by atoms with Gasteiger partial charge in [-0.1, -0.05) is 66.8 Å². The standard InChI is InChI=1S/C25H17F3N2O/c26-25(27,28)19-12-8-13-20(17-19)30-23(16-7-4-11-18-9-2-1-3-10-18)29-22-15-6-5-14-21(22)24(30)31/h1-17H. The van der Waals surface area contributed by atoms with E-state index in [1.54, 1.807) is 42.5 Å². The summed E-state index contributed by atoms with van der Waals surface area (Å²) in [4.78, 5) is 17.7. The summed E-state index contributed by atoms with van der Waals surface area (Å²) in [6, 6.07) is 21.1. The molecule has 0 spiro atoms. The second-order valence-corrected chi connectivity index (χ2v) is 6.80. The molecule has 0 N–H and O–H groups in total. The van der Waals surface area contributed by atoms with Crippen LogP contribution >= 0.6 is 0 Å². The lowest BCUT2D eigenvalue weighted by Gasteiger charge is -2.13. The molecule has 3 aromatic carbocycles. The monoisotopic (exact) mass is 418 g/mol. The molecule has 0 aliphatic heterocycles. The number of hydrogen-bond acceptors (Lipinski definition) is 2. The summed E-state index contributed by atoms with van der Waals surface area (Å²) in [5.41, 5.74) is 0.307. The Balaban J connectivity index is 1.84. The summed E-state index contributed by atoms with van der Waals surface area (Å²) < 4.78 is 40.9. The first-order valence-electron chi connectivity index (χ1n) is 9.53. The van der Waals surface area contributed by atoms with E-state index in [2.05, 4.69) is 4.98 Å². The predicted octanol–water partition coefficient (Wildman–Crippen LogP) is 6.13. The quantitative estimate of drug-likeness (QED) is 0.374. The number of alkyl halides is 3. The summed E-state index contributed by atoms with van der Waals surface area (Å²) in [7, 11) is 0. The fourth-order valence-corrected chi connectivity index (χ4v) is 3.20. The normalized spacial score (nSPS) is 12.2. The van der Waals surface area contributed by atoms with Crippen molar-refractivity contribution in [3.05, 3.63) is 118 Å². The van der Waals surface area contributed by atoms with Crippen LogP contribution in [-0.4, -0.2) is 9.55 Å². The van der Waals surface area contributed by atoms with Crippen molar-refractivity contribution in [1.82, 2.24) is 9.55 Å². The third kappa shape index (κ3) is 4.48. The number of aromatic nitrogens is 2. The third-order valence-corrected chi connectivity index (χ3v) is 4.68. The Morgan fingerprint density at radius 3 is 2.29 bits per heavy atom. The van der Waals surface area contributed by atoms with Crippen LogP contribution in [0.5, 0.6) is 0 Å². The van der Waals surface area contributed by atoms with Crippen LogP contribution in [0.1, 0.15) is 17.0 Å². The number of hydrogen-bond donors (Lipinski definition) is 0. The van der Waals surface area contributed by atoms with Gasteiger partial charge in [0, 0.05) is 0 Å². The topological polar surface area (TPSA) is 34.9 Å². The summed E-state index contributed by atoms with van der Waals surface area (Å²) in [5.74, 6) is 0.237. The molecule has 4 aromatic rings. The van der Waals surface area contributed by atoms with Crippen LogP contribution < -0.4 is 5.56 Å². The molecule has 0 aliphatic carbocycles. The van der Waals surface area contributed by atoms with Crippen LogP contribution in [0.15, 0.2) is 95.8 Å². The van der Waals surface area contributed by atoms with Gasteiger partial charge in [-0.2, -0.15) is 13.2 Å². The first-order chi connectivity index (χ1) is 14.9. The number of nitrogens with zero attached hydrogens (tertiary/aromatic N) is 2. The highest BCUT2D eigenvalue weighted by molar-refractivity contribution is 5.79. The van der Waals surface area contributed by atoms with E-state index >= 15 is 0 Å². The molecule has 0 bridgehead atoms. The number of para-hydroxylation sites is 1. The van der Waals surface area contributed by atoms with E-state index in [0.29, 0.717) is 10.9 Å². The van der Waals surface area contributed by atoms with Gasteiger partial charge in [-0.15, -0.1) is 0 Å². The van der Waals surface area contributed by atoms with E-state index in [0.717, 1.165) is 17.7 Å². The van der Waals surface area contributed by atoms with Gasteiger partial charge in [0.05, 0.1) is 22.2 Å². The Morgan fingerprint density at radius 2 is 1.52 bits per heavy atom. The Kier molecular flexibility index (Phi) is 5.54. The van der Waals surface area contributed by atoms with Crippen molar-refractivity contribution in [1.29, 1.82) is 0 Å². The van der Waals surface area contributed by atoms with E-state index in [9.17, 15) is 18.0 Å². The van der Waals surface area contributed by atoms with Crippen molar-refractivity contribution in [3.63, 3.8) is 0 Å². The average molecular weight is 418 g/mol. The van der Waals surface area contributed by atoms with Gasteiger partial charge in [-0.25, -0.2) is 4.98 Å². The van der Waals surface area contributed by atoms with E-state index in [1.807, 2.05) is 36.4 Å². The third-order valence-electron chi connectivity index (χ3n) is 4.68. The summed E-state index contributed by atoms with van der Waals surface area (Å²) in [5, 5.41) is 0.330. The molecular weight excluding hydrogens is 401 g/mol. The van der Waals surface area contributed by atoms with Crippen molar-refractivity contribution >= 4 is 23.1 Å². The van der Waals surface area contributed by atoms with E-state index in [1.165, 1.54) is 16.7 Å². The lowest BCUT2D eigenvalue weighted by atomic mass is 10.1. The molecule has 6 heteroatoms. The molecule has 0 saturated heterocycles. The fourth-order valence-electron chi connectivity index (χ4n) is 3.20. The van der Waals surface area contributed by atoms with Gasteiger partial charge in [-0.3, -0.25) is 9.36 Å². The van der Waals surface area contributed by atoms with Gasteiger partial charge < -0.3 is 0 Å². The molecule has 31 heavy (non-hydrogen) atoms. The van der Waals surface area contributed by atoms with Crippen LogP contribution in [0, 0.1) is 0 Å². The van der Waals surface area contributed by atoms with E-state index < -0.39 is 17.3 Å². The molecule has 0 amide bonds. The van der Waals surface area contributed by atoms with Crippen LogP contribution in [0.2, 0.25) is 0 Å². The largest absolute Gasteiger partial charge is 0.416 e. The Bertz CT molecular complexity index is 1340. The zero-order valence-corrected chi connectivity index (χ0v) is 16.3. The molecule has 0 atom stereocenters. The van der Waals surface area contributed by atoms with Crippen molar-refractivity contribution in [3.8, 4) is 5.69 Å². The van der Waals surface area contributed by atoms with Gasteiger partial charge >= 0.3 is 6.18 Å². The van der Waals surface area contributed by atoms with Gasteiger partial charge in [0.1, 0.15) is 5.82 Å². The number of rotatable bonds is 4. The number of benzene rings is 3. The van der Waals surface area contributed by atoms with Crippen LogP contribution in [-0.2, 0) is 6.18 Å². The second-order valence-electron chi connectivity index (χ2n) is 6.80. The van der Waals surface area contributed by atoms with Gasteiger partial charge in [0.2, 0.25) is 0 Å². The van der Waals surface area contributed by atoms with E-state index in [4.69, 9.17) is 0 Å². The molecule has 154 valence electrons. The maximum atomic E-state index is 13.2. The van der Waals surface area contributed by atoms with Crippen LogP contribution in [0.3, 0.4) is 0 Å². The van der Waals surface area contributed by atoms with Gasteiger partial charge in [0.15, 0.2) is 0 Å². The first-order valence-corrected chi connectivity index (χ1v) is 9.53. The number of fused-ring (bicyclic) bond motifs is 1. The number of halogens is 3. The Morgan fingerprint density at radius 1 is 0.806 bits per heavy atom. The molecule has 0 aliphatic rings. The molecule has 1 heterocycles. The zero-order valence-electron chi connectivity index (χ0n) is 16.3. The van der Waals surface area contributed by atoms with Crippen LogP contribution in [0.4, 0.5) is 13.2 Å². The molecule has 0 fully saturated rings. The minimum absolute atomic E-state index is 0.102. The molecule has 4 rings (SSSR count). The lowest BCUT2D eigenvalue weighted by molar-refractivity contribution is -0.137. The van der Waals surface area contributed by atoms with Crippen LogP contribution in [0.25, 0.3) is 28.7 Å². The Labute approximate surface area is 176 Å². The molecular formula is C25H17F3N2O. The second kappa shape index (κ2) is 8.44. The van der Waals surface area contributed by atoms with E-state index in [-0.39, 0.29) is 11.5 Å². The van der Waals surface area contributed by atoms with Gasteiger partial charge in [0.25, 0.3) is 5.56 Å². The minimum atomic E-state index is -4.52. The molecule has 1 aromatic heterocycles. The molecule has 0 radical (unpaired) electrons. The molecule has 3 nitrogen and oxygen atoms in total. The Hall–Kier alpha value is -3.93. The minimum Gasteiger partial charge on any atom is -0.268 e. The van der Waals surface area contributed by atoms with Crippen molar-refractivity contribution in [2.75, 3.05) is 0 Å².